The molecule has 0 amide bonds. The van der Waals surface area contributed by atoms with Crippen molar-refractivity contribution in [1.82, 2.24) is 0 Å². The summed E-state index contributed by atoms with van der Waals surface area (Å²) in [5.74, 6) is -1.48. The molecular formula is C16H14F2O. The van der Waals surface area contributed by atoms with Crippen molar-refractivity contribution in [2.24, 2.45) is 0 Å². The standard InChI is InChI=1S/C16H14F2O/c1-10-4-3-5-14(11(10)2)16(19)8-12-6-7-13(17)9-15(12)18/h3-7,9H,8H2,1-2H3. The summed E-state index contributed by atoms with van der Waals surface area (Å²) in [5, 5.41) is 0. The van der Waals surface area contributed by atoms with Gasteiger partial charge in [0.05, 0.1) is 0 Å². The van der Waals surface area contributed by atoms with Gasteiger partial charge in [0.15, 0.2) is 5.78 Å². The van der Waals surface area contributed by atoms with Gasteiger partial charge < -0.3 is 0 Å². The molecule has 0 bridgehead atoms. The second-order valence-corrected chi connectivity index (χ2v) is 4.58. The normalized spacial score (nSPS) is 10.5. The molecule has 0 spiro atoms. The minimum atomic E-state index is -0.682. The quantitative estimate of drug-likeness (QED) is 0.762. The van der Waals surface area contributed by atoms with Gasteiger partial charge in [0, 0.05) is 18.1 Å². The first-order valence-corrected chi connectivity index (χ1v) is 6.02. The number of carbonyl (C=O) groups excluding carboxylic acids is 1. The minimum absolute atomic E-state index is 0.0591. The predicted molar refractivity (Wildman–Crippen MR) is 70.3 cm³/mol. The van der Waals surface area contributed by atoms with Crippen LogP contribution in [-0.2, 0) is 6.42 Å². The van der Waals surface area contributed by atoms with Crippen LogP contribution in [0.1, 0.15) is 27.0 Å². The van der Waals surface area contributed by atoms with E-state index < -0.39 is 11.6 Å². The van der Waals surface area contributed by atoms with Crippen molar-refractivity contribution in [3.05, 3.63) is 70.3 Å². The molecule has 2 aromatic rings. The van der Waals surface area contributed by atoms with E-state index >= 15 is 0 Å². The lowest BCUT2D eigenvalue weighted by Crippen LogP contribution is -2.08. The second-order valence-electron chi connectivity index (χ2n) is 4.58. The fraction of sp³-hybridized carbons (Fsp3) is 0.188. The number of rotatable bonds is 3. The van der Waals surface area contributed by atoms with Crippen LogP contribution in [0.25, 0.3) is 0 Å². The van der Waals surface area contributed by atoms with Crippen molar-refractivity contribution >= 4 is 5.78 Å². The summed E-state index contributed by atoms with van der Waals surface area (Å²) >= 11 is 0. The molecule has 19 heavy (non-hydrogen) atoms. The zero-order valence-corrected chi connectivity index (χ0v) is 10.8. The monoisotopic (exact) mass is 260 g/mol. The first kappa shape index (κ1) is 13.4. The maximum atomic E-state index is 13.5. The number of ketones is 1. The molecule has 98 valence electrons. The highest BCUT2D eigenvalue weighted by Gasteiger charge is 2.13. The Morgan fingerprint density at radius 2 is 1.84 bits per heavy atom. The van der Waals surface area contributed by atoms with E-state index in [9.17, 15) is 13.6 Å². The fourth-order valence-electron chi connectivity index (χ4n) is 1.99. The molecule has 0 fully saturated rings. The van der Waals surface area contributed by atoms with Crippen molar-refractivity contribution in [3.8, 4) is 0 Å². The van der Waals surface area contributed by atoms with E-state index in [2.05, 4.69) is 0 Å². The number of Topliss-reactive ketones (excluding diaryl/α,β-unsaturated/α-hetero) is 1. The number of hydrogen-bond acceptors (Lipinski definition) is 1. The molecule has 0 saturated heterocycles. The van der Waals surface area contributed by atoms with Gasteiger partial charge in [0.25, 0.3) is 0 Å². The van der Waals surface area contributed by atoms with Gasteiger partial charge in [0.1, 0.15) is 11.6 Å². The van der Waals surface area contributed by atoms with Crippen LogP contribution in [0, 0.1) is 25.5 Å². The molecule has 0 aliphatic carbocycles. The van der Waals surface area contributed by atoms with E-state index in [4.69, 9.17) is 0 Å². The highest BCUT2D eigenvalue weighted by molar-refractivity contribution is 5.99. The Hall–Kier alpha value is -2.03. The molecule has 0 aliphatic rings. The van der Waals surface area contributed by atoms with E-state index in [1.807, 2.05) is 19.9 Å². The van der Waals surface area contributed by atoms with Crippen molar-refractivity contribution in [1.29, 1.82) is 0 Å². The van der Waals surface area contributed by atoms with Gasteiger partial charge in [-0.25, -0.2) is 8.78 Å². The lowest BCUT2D eigenvalue weighted by molar-refractivity contribution is 0.0991. The molecule has 2 aromatic carbocycles. The first-order chi connectivity index (χ1) is 8.99. The Morgan fingerprint density at radius 1 is 1.11 bits per heavy atom. The van der Waals surface area contributed by atoms with Gasteiger partial charge in [-0.2, -0.15) is 0 Å². The summed E-state index contributed by atoms with van der Waals surface area (Å²) in [6.45, 7) is 3.79. The van der Waals surface area contributed by atoms with Crippen LogP contribution in [0.4, 0.5) is 8.78 Å². The minimum Gasteiger partial charge on any atom is -0.294 e. The summed E-state index contributed by atoms with van der Waals surface area (Å²) in [4.78, 5) is 12.2. The molecule has 0 N–H and O–H groups in total. The van der Waals surface area contributed by atoms with Crippen LogP contribution >= 0.6 is 0 Å². The highest BCUT2D eigenvalue weighted by Crippen LogP contribution is 2.17. The SMILES string of the molecule is Cc1cccc(C(=O)Cc2ccc(F)cc2F)c1C. The third-order valence-corrected chi connectivity index (χ3v) is 3.27. The lowest BCUT2D eigenvalue weighted by atomic mass is 9.96. The average Bonchev–Trinajstić information content (AvgIpc) is 2.36. The highest BCUT2D eigenvalue weighted by atomic mass is 19.1. The largest absolute Gasteiger partial charge is 0.294 e. The number of hydrogen-bond donors (Lipinski definition) is 0. The fourth-order valence-corrected chi connectivity index (χ4v) is 1.99. The van der Waals surface area contributed by atoms with Gasteiger partial charge in [-0.1, -0.05) is 24.3 Å². The Bertz CT molecular complexity index is 633. The Labute approximate surface area is 110 Å². The van der Waals surface area contributed by atoms with Crippen LogP contribution in [0.3, 0.4) is 0 Å². The maximum absolute atomic E-state index is 13.5. The summed E-state index contributed by atoms with van der Waals surface area (Å²) in [6, 6.07) is 8.72. The maximum Gasteiger partial charge on any atom is 0.167 e. The van der Waals surface area contributed by atoms with Gasteiger partial charge in [-0.05, 0) is 36.6 Å². The van der Waals surface area contributed by atoms with Gasteiger partial charge in [-0.15, -0.1) is 0 Å². The van der Waals surface area contributed by atoms with Crippen LogP contribution in [0.2, 0.25) is 0 Å². The molecule has 0 atom stereocenters. The van der Waals surface area contributed by atoms with Crippen LogP contribution < -0.4 is 0 Å². The zero-order valence-electron chi connectivity index (χ0n) is 10.8. The Morgan fingerprint density at radius 3 is 2.53 bits per heavy atom. The molecule has 3 heteroatoms. The van der Waals surface area contributed by atoms with Gasteiger partial charge >= 0.3 is 0 Å². The van der Waals surface area contributed by atoms with E-state index in [1.165, 1.54) is 6.07 Å². The number of aryl methyl sites for hydroxylation is 1. The van der Waals surface area contributed by atoms with Crippen LogP contribution in [0.15, 0.2) is 36.4 Å². The third kappa shape index (κ3) is 2.87. The smallest absolute Gasteiger partial charge is 0.167 e. The van der Waals surface area contributed by atoms with Crippen LogP contribution in [-0.4, -0.2) is 5.78 Å². The van der Waals surface area contributed by atoms with Gasteiger partial charge in [0.2, 0.25) is 0 Å². The van der Waals surface area contributed by atoms with Crippen molar-refractivity contribution < 1.29 is 13.6 Å². The summed E-state index contributed by atoms with van der Waals surface area (Å²) in [7, 11) is 0. The molecule has 0 aromatic heterocycles. The molecule has 1 nitrogen and oxygen atoms in total. The number of carbonyl (C=O) groups is 1. The topological polar surface area (TPSA) is 17.1 Å². The molecule has 0 radical (unpaired) electrons. The van der Waals surface area contributed by atoms with Gasteiger partial charge in [-0.3, -0.25) is 4.79 Å². The molecule has 2 rings (SSSR count). The summed E-state index contributed by atoms with van der Waals surface area (Å²) in [6.07, 6.45) is -0.0591. The van der Waals surface area contributed by atoms with E-state index in [-0.39, 0.29) is 17.8 Å². The van der Waals surface area contributed by atoms with E-state index in [0.717, 1.165) is 23.3 Å². The summed E-state index contributed by atoms with van der Waals surface area (Å²) in [5.41, 5.74) is 2.72. The molecule has 0 heterocycles. The average molecular weight is 260 g/mol. The lowest BCUT2D eigenvalue weighted by Gasteiger charge is -2.08. The van der Waals surface area contributed by atoms with E-state index in [0.29, 0.717) is 5.56 Å². The molecule has 0 aliphatic heterocycles. The molecular weight excluding hydrogens is 246 g/mol. The number of benzene rings is 2. The van der Waals surface area contributed by atoms with Crippen LogP contribution in [0.5, 0.6) is 0 Å². The second kappa shape index (κ2) is 5.31. The third-order valence-electron chi connectivity index (χ3n) is 3.27. The first-order valence-electron chi connectivity index (χ1n) is 6.02. The summed E-state index contributed by atoms with van der Waals surface area (Å²) < 4.78 is 26.3. The zero-order chi connectivity index (χ0) is 14.0. The number of halogens is 2. The van der Waals surface area contributed by atoms with E-state index in [1.54, 1.807) is 12.1 Å². The van der Waals surface area contributed by atoms with Crippen molar-refractivity contribution in [2.45, 2.75) is 20.3 Å². The predicted octanol–water partition coefficient (Wildman–Crippen LogP) is 4.01. The van der Waals surface area contributed by atoms with Crippen molar-refractivity contribution in [3.63, 3.8) is 0 Å². The Balaban J connectivity index is 2.28. The Kier molecular flexibility index (Phi) is 3.74. The molecule has 0 saturated carbocycles. The van der Waals surface area contributed by atoms with Crippen molar-refractivity contribution in [2.75, 3.05) is 0 Å². The molecule has 0 unspecified atom stereocenters.